The highest BCUT2D eigenvalue weighted by molar-refractivity contribution is 6.33. The Labute approximate surface area is 116 Å². The van der Waals surface area contributed by atoms with Crippen molar-refractivity contribution in [3.05, 3.63) is 33.3 Å². The van der Waals surface area contributed by atoms with Gasteiger partial charge in [-0.25, -0.2) is 0 Å². The number of nitrogens with zero attached hydrogens (tertiary/aromatic N) is 2. The molecule has 5 nitrogen and oxygen atoms in total. The average molecular weight is 285 g/mol. The number of para-hydroxylation sites is 1. The van der Waals surface area contributed by atoms with E-state index in [1.54, 1.807) is 12.1 Å². The predicted molar refractivity (Wildman–Crippen MR) is 74.7 cm³/mol. The summed E-state index contributed by atoms with van der Waals surface area (Å²) in [6.45, 7) is 1.64. The molecule has 1 heterocycles. The molecular formula is C13H17ClN2O3. The SMILES string of the molecule is O=[N+]([O-])c1cccc(Cl)c1N1CCCC(CCO)C1. The summed E-state index contributed by atoms with van der Waals surface area (Å²) in [5.74, 6) is 0.370. The summed E-state index contributed by atoms with van der Waals surface area (Å²) in [5.41, 5.74) is 0.564. The lowest BCUT2D eigenvalue weighted by atomic mass is 9.94. The maximum atomic E-state index is 11.1. The summed E-state index contributed by atoms with van der Waals surface area (Å²) in [5, 5.41) is 20.5. The maximum absolute atomic E-state index is 11.1. The van der Waals surface area contributed by atoms with Crippen LogP contribution in [0, 0.1) is 16.0 Å². The fraction of sp³-hybridized carbons (Fsp3) is 0.538. The minimum absolute atomic E-state index is 0.0529. The van der Waals surface area contributed by atoms with E-state index in [2.05, 4.69) is 0 Å². The number of aliphatic hydroxyl groups is 1. The smallest absolute Gasteiger partial charge is 0.294 e. The van der Waals surface area contributed by atoms with Crippen molar-refractivity contribution in [3.63, 3.8) is 0 Å². The molecule has 0 spiro atoms. The van der Waals surface area contributed by atoms with Gasteiger partial charge in [0.1, 0.15) is 5.69 Å². The van der Waals surface area contributed by atoms with Crippen LogP contribution < -0.4 is 4.90 Å². The Bertz CT molecular complexity index is 465. The summed E-state index contributed by atoms with van der Waals surface area (Å²) in [4.78, 5) is 12.7. The normalized spacial score (nSPS) is 19.5. The molecule has 0 saturated carbocycles. The molecule has 1 aromatic carbocycles. The molecule has 0 amide bonds. The third-order valence-corrected chi connectivity index (χ3v) is 3.84. The number of anilines is 1. The lowest BCUT2D eigenvalue weighted by Crippen LogP contribution is -2.36. The molecule has 104 valence electrons. The van der Waals surface area contributed by atoms with Gasteiger partial charge >= 0.3 is 0 Å². The van der Waals surface area contributed by atoms with Crippen molar-refractivity contribution in [2.45, 2.75) is 19.3 Å². The van der Waals surface area contributed by atoms with Crippen molar-refractivity contribution in [2.75, 3.05) is 24.6 Å². The van der Waals surface area contributed by atoms with E-state index in [4.69, 9.17) is 16.7 Å². The molecule has 6 heteroatoms. The molecule has 0 radical (unpaired) electrons. The number of hydrogen-bond donors (Lipinski definition) is 1. The summed E-state index contributed by atoms with van der Waals surface area (Å²) in [6.07, 6.45) is 2.75. The quantitative estimate of drug-likeness (QED) is 0.682. The summed E-state index contributed by atoms with van der Waals surface area (Å²) in [7, 11) is 0. The van der Waals surface area contributed by atoms with Crippen LogP contribution >= 0.6 is 11.6 Å². The van der Waals surface area contributed by atoms with Crippen LogP contribution in [0.5, 0.6) is 0 Å². The first-order valence-electron chi connectivity index (χ1n) is 6.42. The van der Waals surface area contributed by atoms with Gasteiger partial charge in [0.2, 0.25) is 0 Å². The Hall–Kier alpha value is -1.33. The van der Waals surface area contributed by atoms with Crippen LogP contribution in [0.2, 0.25) is 5.02 Å². The Kier molecular flexibility index (Phi) is 4.61. The molecule has 1 unspecified atom stereocenters. The van der Waals surface area contributed by atoms with E-state index in [-0.39, 0.29) is 12.3 Å². The van der Waals surface area contributed by atoms with E-state index in [0.717, 1.165) is 25.8 Å². The minimum atomic E-state index is -0.392. The molecule has 1 saturated heterocycles. The van der Waals surface area contributed by atoms with Gasteiger partial charge in [0.25, 0.3) is 5.69 Å². The third-order valence-electron chi connectivity index (χ3n) is 3.53. The van der Waals surface area contributed by atoms with E-state index in [1.807, 2.05) is 4.90 Å². The summed E-state index contributed by atoms with van der Waals surface area (Å²) in [6, 6.07) is 4.76. The first-order chi connectivity index (χ1) is 9.13. The summed E-state index contributed by atoms with van der Waals surface area (Å²) >= 11 is 6.14. The second-order valence-corrected chi connectivity index (χ2v) is 5.24. The zero-order valence-corrected chi connectivity index (χ0v) is 11.3. The largest absolute Gasteiger partial charge is 0.396 e. The minimum Gasteiger partial charge on any atom is -0.396 e. The number of benzene rings is 1. The predicted octanol–water partition coefficient (Wildman–Crippen LogP) is 2.85. The van der Waals surface area contributed by atoms with Gasteiger partial charge in [-0.2, -0.15) is 0 Å². The second kappa shape index (κ2) is 6.21. The first-order valence-corrected chi connectivity index (χ1v) is 6.80. The lowest BCUT2D eigenvalue weighted by molar-refractivity contribution is -0.384. The number of piperidine rings is 1. The molecule has 1 aliphatic heterocycles. The third kappa shape index (κ3) is 3.16. The van der Waals surface area contributed by atoms with E-state index < -0.39 is 4.92 Å². The van der Waals surface area contributed by atoms with Crippen LogP contribution in [-0.4, -0.2) is 29.7 Å². The van der Waals surface area contributed by atoms with Gasteiger partial charge < -0.3 is 10.0 Å². The number of aliphatic hydroxyl groups excluding tert-OH is 1. The molecule has 1 atom stereocenters. The van der Waals surface area contributed by atoms with Gasteiger partial charge in [-0.05, 0) is 31.2 Å². The zero-order valence-electron chi connectivity index (χ0n) is 10.6. The van der Waals surface area contributed by atoms with Crippen molar-refractivity contribution in [1.82, 2.24) is 0 Å². The Morgan fingerprint density at radius 3 is 3.00 bits per heavy atom. The molecule has 0 aliphatic carbocycles. The summed E-state index contributed by atoms with van der Waals surface area (Å²) < 4.78 is 0. The van der Waals surface area contributed by atoms with Crippen molar-refractivity contribution >= 4 is 23.0 Å². The monoisotopic (exact) mass is 284 g/mol. The van der Waals surface area contributed by atoms with Crippen molar-refractivity contribution in [2.24, 2.45) is 5.92 Å². The van der Waals surface area contributed by atoms with Gasteiger partial charge in [-0.15, -0.1) is 0 Å². The maximum Gasteiger partial charge on any atom is 0.294 e. The topological polar surface area (TPSA) is 66.6 Å². The highest BCUT2D eigenvalue weighted by Gasteiger charge is 2.27. The Morgan fingerprint density at radius 1 is 1.53 bits per heavy atom. The van der Waals surface area contributed by atoms with Crippen molar-refractivity contribution in [3.8, 4) is 0 Å². The van der Waals surface area contributed by atoms with Gasteiger partial charge in [0.15, 0.2) is 0 Å². The van der Waals surface area contributed by atoms with Crippen LogP contribution in [0.15, 0.2) is 18.2 Å². The van der Waals surface area contributed by atoms with Crippen LogP contribution in [0.4, 0.5) is 11.4 Å². The number of halogens is 1. The van der Waals surface area contributed by atoms with E-state index in [1.165, 1.54) is 6.07 Å². The molecule has 1 aromatic rings. The van der Waals surface area contributed by atoms with E-state index >= 15 is 0 Å². The molecule has 0 aromatic heterocycles. The standard InChI is InChI=1S/C13H17ClN2O3/c14-11-4-1-5-12(16(18)19)13(11)15-7-2-3-10(9-15)6-8-17/h1,4-5,10,17H,2-3,6-9H2. The molecular weight excluding hydrogens is 268 g/mol. The van der Waals surface area contributed by atoms with E-state index in [0.29, 0.717) is 23.2 Å². The van der Waals surface area contributed by atoms with Gasteiger partial charge in [-0.1, -0.05) is 17.7 Å². The molecule has 19 heavy (non-hydrogen) atoms. The zero-order chi connectivity index (χ0) is 13.8. The van der Waals surface area contributed by atoms with Gasteiger partial charge in [0, 0.05) is 25.8 Å². The van der Waals surface area contributed by atoms with Crippen LogP contribution in [0.25, 0.3) is 0 Å². The highest BCUT2D eigenvalue weighted by Crippen LogP contribution is 2.37. The fourth-order valence-corrected chi connectivity index (χ4v) is 2.94. The van der Waals surface area contributed by atoms with Gasteiger partial charge in [-0.3, -0.25) is 10.1 Å². The number of hydrogen-bond acceptors (Lipinski definition) is 4. The fourth-order valence-electron chi connectivity index (χ4n) is 2.65. The molecule has 1 N–H and O–H groups in total. The Morgan fingerprint density at radius 2 is 2.32 bits per heavy atom. The average Bonchev–Trinajstić information content (AvgIpc) is 2.39. The lowest BCUT2D eigenvalue weighted by Gasteiger charge is -2.34. The number of nitro benzene ring substituents is 1. The number of rotatable bonds is 4. The van der Waals surface area contributed by atoms with Gasteiger partial charge in [0.05, 0.1) is 9.95 Å². The Balaban J connectivity index is 2.28. The van der Waals surface area contributed by atoms with Crippen LogP contribution in [-0.2, 0) is 0 Å². The first kappa shape index (κ1) is 14.1. The van der Waals surface area contributed by atoms with E-state index in [9.17, 15) is 10.1 Å². The molecule has 2 rings (SSSR count). The van der Waals surface area contributed by atoms with Crippen molar-refractivity contribution < 1.29 is 10.0 Å². The highest BCUT2D eigenvalue weighted by atomic mass is 35.5. The number of nitro groups is 1. The molecule has 1 fully saturated rings. The van der Waals surface area contributed by atoms with Crippen molar-refractivity contribution in [1.29, 1.82) is 0 Å². The second-order valence-electron chi connectivity index (χ2n) is 4.83. The molecule has 0 bridgehead atoms. The molecule has 1 aliphatic rings. The van der Waals surface area contributed by atoms with Crippen LogP contribution in [0.3, 0.4) is 0 Å². The van der Waals surface area contributed by atoms with Crippen LogP contribution in [0.1, 0.15) is 19.3 Å².